The number of benzene rings is 1. The summed E-state index contributed by atoms with van der Waals surface area (Å²) < 4.78 is 26.9. The number of piperazine rings is 1. The monoisotopic (exact) mass is 368 g/mol. The van der Waals surface area contributed by atoms with Crippen molar-refractivity contribution >= 4 is 21.9 Å². The summed E-state index contributed by atoms with van der Waals surface area (Å²) >= 11 is 0. The highest BCUT2D eigenvalue weighted by Crippen LogP contribution is 2.26. The molecule has 1 N–H and O–H groups in total. The second-order valence-corrected chi connectivity index (χ2v) is 8.39. The van der Waals surface area contributed by atoms with Gasteiger partial charge in [-0.05, 0) is 18.6 Å². The number of aliphatic carboxylic acids is 1. The van der Waals surface area contributed by atoms with Crippen molar-refractivity contribution in [3.63, 3.8) is 0 Å². The molecule has 1 aliphatic rings. The average Bonchev–Trinajstić information content (AvgIpc) is 2.60. The lowest BCUT2D eigenvalue weighted by molar-refractivity contribution is -0.157. The molecule has 0 aromatic heterocycles. The molecule has 1 amide bonds. The van der Waals surface area contributed by atoms with Crippen molar-refractivity contribution in [2.75, 3.05) is 13.1 Å². The molecule has 0 radical (unpaired) electrons. The van der Waals surface area contributed by atoms with E-state index in [2.05, 4.69) is 0 Å². The predicted molar refractivity (Wildman–Crippen MR) is 92.4 cm³/mol. The van der Waals surface area contributed by atoms with Crippen LogP contribution in [0.2, 0.25) is 0 Å². The van der Waals surface area contributed by atoms with Crippen LogP contribution in [0, 0.1) is 5.92 Å². The molecule has 0 unspecified atom stereocenters. The van der Waals surface area contributed by atoms with Gasteiger partial charge in [0, 0.05) is 25.0 Å². The van der Waals surface area contributed by atoms with Gasteiger partial charge in [-0.3, -0.25) is 4.79 Å². The molecule has 0 spiro atoms. The number of carboxylic acid groups (broad SMARTS) is 1. The largest absolute Gasteiger partial charge is 0.480 e. The van der Waals surface area contributed by atoms with Gasteiger partial charge < -0.3 is 10.0 Å². The summed E-state index contributed by atoms with van der Waals surface area (Å²) in [7, 11) is -3.81. The van der Waals surface area contributed by atoms with Crippen molar-refractivity contribution in [3.8, 4) is 0 Å². The van der Waals surface area contributed by atoms with Gasteiger partial charge in [0.05, 0.1) is 4.90 Å². The quantitative estimate of drug-likeness (QED) is 0.848. The Labute approximate surface area is 148 Å². The molecular weight excluding hydrogens is 344 g/mol. The van der Waals surface area contributed by atoms with Crippen molar-refractivity contribution in [1.82, 2.24) is 9.21 Å². The smallest absolute Gasteiger partial charge is 0.327 e. The van der Waals surface area contributed by atoms with Gasteiger partial charge in [0.2, 0.25) is 15.9 Å². The second-order valence-electron chi connectivity index (χ2n) is 6.45. The van der Waals surface area contributed by atoms with Crippen LogP contribution in [0.15, 0.2) is 35.2 Å². The van der Waals surface area contributed by atoms with Gasteiger partial charge in [-0.25, -0.2) is 13.2 Å². The number of nitrogens with zero attached hydrogens (tertiary/aromatic N) is 2. The standard InChI is InChI=1S/C17H24N2O5S/c1-4-13-10-18(25(23,24)14-8-6-5-7-9-14)11-15(17(21)22)19(13)16(20)12(2)3/h5-9,12-13,15H,4,10-11H2,1-3H3,(H,21,22)/t13-,15-/m1/s1. The maximum Gasteiger partial charge on any atom is 0.327 e. The first-order valence-electron chi connectivity index (χ1n) is 8.30. The summed E-state index contributed by atoms with van der Waals surface area (Å²) in [6.07, 6.45) is 0.475. The summed E-state index contributed by atoms with van der Waals surface area (Å²) in [4.78, 5) is 25.7. The van der Waals surface area contributed by atoms with Crippen molar-refractivity contribution in [2.24, 2.45) is 5.92 Å². The van der Waals surface area contributed by atoms with Gasteiger partial charge in [-0.15, -0.1) is 0 Å². The van der Waals surface area contributed by atoms with Gasteiger partial charge in [-0.1, -0.05) is 39.0 Å². The predicted octanol–water partition coefficient (Wildman–Crippen LogP) is 1.41. The molecule has 1 aromatic carbocycles. The van der Waals surface area contributed by atoms with E-state index < -0.39 is 28.1 Å². The van der Waals surface area contributed by atoms with E-state index in [1.165, 1.54) is 21.3 Å². The molecule has 138 valence electrons. The minimum absolute atomic E-state index is 0.0932. The minimum atomic E-state index is -3.81. The van der Waals surface area contributed by atoms with Gasteiger partial charge in [-0.2, -0.15) is 4.31 Å². The number of hydrogen-bond acceptors (Lipinski definition) is 4. The average molecular weight is 368 g/mol. The fourth-order valence-electron chi connectivity index (χ4n) is 3.03. The van der Waals surface area contributed by atoms with Gasteiger partial charge in [0.1, 0.15) is 6.04 Å². The van der Waals surface area contributed by atoms with E-state index in [1.54, 1.807) is 32.0 Å². The second kappa shape index (κ2) is 7.53. The number of carbonyl (C=O) groups is 2. The van der Waals surface area contributed by atoms with Gasteiger partial charge >= 0.3 is 5.97 Å². The molecule has 0 bridgehead atoms. The molecule has 2 atom stereocenters. The normalized spacial score (nSPS) is 22.2. The first kappa shape index (κ1) is 19.4. The maximum atomic E-state index is 12.9. The van der Waals surface area contributed by atoms with Crippen LogP contribution in [0.3, 0.4) is 0 Å². The summed E-state index contributed by atoms with van der Waals surface area (Å²) in [5.74, 6) is -1.82. The maximum absolute atomic E-state index is 12.9. The molecule has 25 heavy (non-hydrogen) atoms. The van der Waals surface area contributed by atoms with E-state index in [0.29, 0.717) is 6.42 Å². The van der Waals surface area contributed by atoms with E-state index in [4.69, 9.17) is 0 Å². The minimum Gasteiger partial charge on any atom is -0.480 e. The van der Waals surface area contributed by atoms with E-state index in [0.717, 1.165) is 0 Å². The van der Waals surface area contributed by atoms with Crippen molar-refractivity contribution in [1.29, 1.82) is 0 Å². The molecule has 1 fully saturated rings. The Balaban J connectivity index is 2.40. The Morgan fingerprint density at radius 3 is 2.28 bits per heavy atom. The first-order valence-corrected chi connectivity index (χ1v) is 9.74. The van der Waals surface area contributed by atoms with Crippen LogP contribution < -0.4 is 0 Å². The van der Waals surface area contributed by atoms with Crippen LogP contribution in [-0.4, -0.2) is 59.8 Å². The number of hydrogen-bond donors (Lipinski definition) is 1. The Kier molecular flexibility index (Phi) is 5.84. The molecule has 8 heteroatoms. The molecule has 0 aliphatic carbocycles. The molecule has 1 saturated heterocycles. The Hall–Kier alpha value is -1.93. The van der Waals surface area contributed by atoms with Crippen LogP contribution in [0.4, 0.5) is 0 Å². The fraction of sp³-hybridized carbons (Fsp3) is 0.529. The van der Waals surface area contributed by atoms with Crippen molar-refractivity contribution in [2.45, 2.75) is 44.2 Å². The van der Waals surface area contributed by atoms with Gasteiger partial charge in [0.25, 0.3) is 0 Å². The molecular formula is C17H24N2O5S. The number of rotatable bonds is 5. The van der Waals surface area contributed by atoms with E-state index in [1.807, 2.05) is 6.92 Å². The zero-order valence-electron chi connectivity index (χ0n) is 14.6. The SMILES string of the molecule is CC[C@@H]1CN(S(=O)(=O)c2ccccc2)C[C@H](C(=O)O)N1C(=O)C(C)C. The molecule has 1 heterocycles. The molecule has 0 saturated carbocycles. The lowest BCUT2D eigenvalue weighted by atomic mass is 10.0. The molecule has 1 aromatic rings. The Morgan fingerprint density at radius 2 is 1.80 bits per heavy atom. The lowest BCUT2D eigenvalue weighted by Crippen LogP contribution is -2.64. The number of sulfonamides is 1. The third-order valence-corrected chi connectivity index (χ3v) is 6.25. The zero-order chi connectivity index (χ0) is 18.8. The highest BCUT2D eigenvalue weighted by molar-refractivity contribution is 7.89. The topological polar surface area (TPSA) is 95.0 Å². The third kappa shape index (κ3) is 3.85. The van der Waals surface area contributed by atoms with Crippen LogP contribution in [0.5, 0.6) is 0 Å². The van der Waals surface area contributed by atoms with Crippen LogP contribution in [0.1, 0.15) is 27.2 Å². The van der Waals surface area contributed by atoms with Crippen molar-refractivity contribution in [3.05, 3.63) is 30.3 Å². The van der Waals surface area contributed by atoms with Crippen LogP contribution in [-0.2, 0) is 19.6 Å². The lowest BCUT2D eigenvalue weighted by Gasteiger charge is -2.45. The van der Waals surface area contributed by atoms with Crippen molar-refractivity contribution < 1.29 is 23.1 Å². The summed E-state index contributed by atoms with van der Waals surface area (Å²) in [5.41, 5.74) is 0. The van der Waals surface area contributed by atoms with E-state index in [-0.39, 0.29) is 29.8 Å². The summed E-state index contributed by atoms with van der Waals surface area (Å²) in [5, 5.41) is 9.59. The highest BCUT2D eigenvalue weighted by Gasteiger charge is 2.44. The number of carbonyl (C=O) groups excluding carboxylic acids is 1. The highest BCUT2D eigenvalue weighted by atomic mass is 32.2. The molecule has 2 rings (SSSR count). The summed E-state index contributed by atoms with van der Waals surface area (Å²) in [6, 6.07) is 6.27. The van der Waals surface area contributed by atoms with Crippen LogP contribution >= 0.6 is 0 Å². The molecule has 7 nitrogen and oxygen atoms in total. The van der Waals surface area contributed by atoms with E-state index >= 15 is 0 Å². The molecule has 1 aliphatic heterocycles. The fourth-order valence-corrected chi connectivity index (χ4v) is 4.53. The van der Waals surface area contributed by atoms with E-state index in [9.17, 15) is 23.1 Å². The van der Waals surface area contributed by atoms with Gasteiger partial charge in [0.15, 0.2) is 0 Å². The number of amides is 1. The Morgan fingerprint density at radius 1 is 1.20 bits per heavy atom. The number of carboxylic acids is 1. The Bertz CT molecular complexity index is 733. The first-order chi connectivity index (χ1) is 11.7. The summed E-state index contributed by atoms with van der Waals surface area (Å²) in [6.45, 7) is 5.09. The third-order valence-electron chi connectivity index (χ3n) is 4.41. The van der Waals surface area contributed by atoms with Crippen LogP contribution in [0.25, 0.3) is 0 Å². The zero-order valence-corrected chi connectivity index (χ0v) is 15.4.